The standard InChI is InChI=1S/C32H53NO4P2S.C18H26.C16H31NO3P2S2.C10H21NO2P2S/c1-8-10-11-13-17-28(9-2)25-30(29-18-14-12-15-19-29)24-27(3)21-23-40-32(39(35,36-4)37-5)26-31(20-16-22-33)38(6,7)34;1-4-6-7-9-12-17(5-2)15-16(3)18-13-10-8-11-14-18;1-12(2)13(3)20-16(23)24-15(22(6,7)19)11-14(9-8-10-17)21(4,5)18;1-14(2,12)9(6-5-7-11)8-10(16)15(3,4)13/h9-12,14-15,18-19,27-28,30-32H,2,8,13,16-17,20-21,23-26H2,1,3-7H3;5-8,10-11,13-14,16-17H,2,4,9,12,15H2,1,3H3;12-15H,8-9,11H2,1-7H3;9-10,16H,5-6,8H2,1-4H3/b11-10+;7-6+;;. The fraction of sp³-hybridized carbons (Fsp3) is 0.684. The summed E-state index contributed by atoms with van der Waals surface area (Å²) >= 11 is 12.6. The summed E-state index contributed by atoms with van der Waals surface area (Å²) in [4.78, 5) is -0.872. The van der Waals surface area contributed by atoms with Gasteiger partial charge in [-0.05, 0) is 241 Å². The van der Waals surface area contributed by atoms with Gasteiger partial charge in [0.1, 0.15) is 4.99 Å². The number of ether oxygens (including phenoxy) is 1. The van der Waals surface area contributed by atoms with Crippen LogP contribution in [0.4, 0.5) is 0 Å². The second kappa shape index (κ2) is 53.0. The van der Waals surface area contributed by atoms with E-state index in [0.29, 0.717) is 97.7 Å². The van der Waals surface area contributed by atoms with Crippen LogP contribution in [-0.4, -0.2) is 129 Å². The molecule has 0 N–H and O–H groups in total. The van der Waals surface area contributed by atoms with Gasteiger partial charge in [0.15, 0.2) is 0 Å². The molecular weight excluding hydrogens is 1410 g/mol. The van der Waals surface area contributed by atoms with Crippen LogP contribution in [-0.2, 0) is 41.2 Å². The Balaban J connectivity index is 0. The van der Waals surface area contributed by atoms with Gasteiger partial charge in [-0.25, -0.2) is 0 Å². The molecule has 2 aromatic rings. The van der Waals surface area contributed by atoms with E-state index >= 15 is 0 Å². The van der Waals surface area contributed by atoms with Gasteiger partial charge in [-0.2, -0.15) is 28.4 Å². The number of rotatable bonds is 45. The Morgan fingerprint density at radius 1 is 0.541 bits per heavy atom. The maximum atomic E-state index is 13.5. The molecule has 0 aromatic heterocycles. The van der Waals surface area contributed by atoms with Gasteiger partial charge in [-0.1, -0.05) is 150 Å². The van der Waals surface area contributed by atoms with Gasteiger partial charge in [0, 0.05) is 50.5 Å². The summed E-state index contributed by atoms with van der Waals surface area (Å²) in [7, 11) is -12.4. The van der Waals surface area contributed by atoms with Crippen LogP contribution in [0.1, 0.15) is 193 Å². The summed E-state index contributed by atoms with van der Waals surface area (Å²) in [5.74, 6) is 3.76. The van der Waals surface area contributed by atoms with Crippen molar-refractivity contribution in [3.63, 3.8) is 0 Å². The Morgan fingerprint density at radius 2 is 0.949 bits per heavy atom. The summed E-state index contributed by atoms with van der Waals surface area (Å²) < 4.78 is 92.6. The SMILES string of the molecule is C=CC(CC/C=C/CC)CC(C)c1ccccc1.C=CC(CC/C=C/CC)CC(CC(C)CCSC(CC(CCC#N)P(C)(C)=O)P(=O)(OC)OC)c1ccccc1.CC(C)C(C)OC(=S)SC(CC(CCC#N)P(C)(C)=O)P(C)(C)=O.CP(C)(=O)C(S)CC(CCC#N)P(C)(C)=O. The molecule has 0 radical (unpaired) electrons. The maximum absolute atomic E-state index is 13.5. The van der Waals surface area contributed by atoms with E-state index in [1.54, 1.807) is 78.4 Å². The highest BCUT2D eigenvalue weighted by atomic mass is 32.2. The molecule has 0 aliphatic carbocycles. The second-order valence-electron chi connectivity index (χ2n) is 28.5. The zero-order valence-electron chi connectivity index (χ0n) is 63.7. The molecule has 12 unspecified atom stereocenters. The number of nitriles is 3. The van der Waals surface area contributed by atoms with E-state index in [4.69, 9.17) is 41.8 Å². The van der Waals surface area contributed by atoms with Crippen LogP contribution >= 0.6 is 91.7 Å². The first-order valence-electron chi connectivity index (χ1n) is 35.1. The van der Waals surface area contributed by atoms with E-state index in [0.717, 1.165) is 50.7 Å². The molecule has 12 atom stereocenters. The first kappa shape index (κ1) is 98.2. The number of thioether (sulfide) groups is 2. The lowest BCUT2D eigenvalue weighted by Gasteiger charge is -2.30. The Hall–Kier alpha value is -1.89. The predicted octanol–water partition coefficient (Wildman–Crippen LogP) is 25.3. The van der Waals surface area contributed by atoms with E-state index < -0.39 is 48.3 Å². The molecule has 0 amide bonds. The molecule has 22 heteroatoms. The van der Waals surface area contributed by atoms with Crippen molar-refractivity contribution in [2.75, 3.05) is 86.6 Å². The van der Waals surface area contributed by atoms with Crippen LogP contribution in [0.15, 0.2) is 110 Å². The fourth-order valence-electron chi connectivity index (χ4n) is 10.9. The lowest BCUT2D eigenvalue weighted by Crippen LogP contribution is -2.21. The van der Waals surface area contributed by atoms with Crippen LogP contribution in [0, 0.1) is 57.7 Å². The summed E-state index contributed by atoms with van der Waals surface area (Å²) in [6.45, 7) is 40.5. The van der Waals surface area contributed by atoms with Crippen molar-refractivity contribution in [1.82, 2.24) is 0 Å². The molecule has 12 nitrogen and oxygen atoms in total. The van der Waals surface area contributed by atoms with Crippen molar-refractivity contribution >= 4 is 96.1 Å². The highest BCUT2D eigenvalue weighted by Crippen LogP contribution is 2.61. The Bertz CT molecular complexity index is 3020. The van der Waals surface area contributed by atoms with Crippen molar-refractivity contribution in [3.8, 4) is 18.2 Å². The molecule has 0 bridgehead atoms. The number of thiocarbonyl (C=S) groups is 1. The quantitative estimate of drug-likeness (QED) is 0.0284. The molecule has 0 saturated heterocycles. The molecule has 0 fully saturated rings. The van der Waals surface area contributed by atoms with Crippen LogP contribution < -0.4 is 0 Å². The van der Waals surface area contributed by atoms with Gasteiger partial charge in [-0.3, -0.25) is 4.57 Å². The molecule has 558 valence electrons. The van der Waals surface area contributed by atoms with Crippen LogP contribution in [0.2, 0.25) is 0 Å². The minimum atomic E-state index is -3.38. The van der Waals surface area contributed by atoms with Gasteiger partial charge in [0.05, 0.1) is 70.0 Å². The minimum absolute atomic E-state index is 0.00316. The van der Waals surface area contributed by atoms with Crippen molar-refractivity contribution < 1.29 is 41.2 Å². The third kappa shape index (κ3) is 45.4. The normalized spacial score (nSPS) is 16.0. The van der Waals surface area contributed by atoms with Crippen molar-refractivity contribution in [3.05, 3.63) is 121 Å². The highest BCUT2D eigenvalue weighted by Gasteiger charge is 2.39. The fourth-order valence-corrected chi connectivity index (χ4v) is 24.6. The van der Waals surface area contributed by atoms with E-state index in [9.17, 15) is 27.4 Å². The Morgan fingerprint density at radius 3 is 1.32 bits per heavy atom. The average Bonchev–Trinajstić information content (AvgIpc) is 0.845. The minimum Gasteiger partial charge on any atom is -0.475 e. The number of allylic oxidation sites excluding steroid dienone is 6. The molecule has 0 spiro atoms. The number of hydrogen-bond donors (Lipinski definition) is 1. The largest absolute Gasteiger partial charge is 0.475 e. The first-order chi connectivity index (χ1) is 45.7. The second-order valence-corrected chi connectivity index (χ2v) is 53.5. The van der Waals surface area contributed by atoms with Crippen molar-refractivity contribution in [2.24, 2.45) is 23.7 Å². The lowest BCUT2D eigenvalue weighted by atomic mass is 9.81. The number of hydrogen-bond acceptors (Lipinski definition) is 16. The van der Waals surface area contributed by atoms with Gasteiger partial charge in [0.25, 0.3) is 0 Å². The maximum Gasteiger partial charge on any atom is 0.343 e. The molecule has 98 heavy (non-hydrogen) atoms. The number of thiol groups is 1. The summed E-state index contributed by atoms with van der Waals surface area (Å²) in [5.41, 5.74) is 2.47. The first-order valence-corrected chi connectivity index (χ1v) is 52.9. The summed E-state index contributed by atoms with van der Waals surface area (Å²) in [6, 6.07) is 27.9. The van der Waals surface area contributed by atoms with E-state index in [1.807, 2.05) is 6.92 Å². The molecule has 0 aliphatic rings. The third-order valence-corrected chi connectivity index (χ3v) is 36.9. The zero-order valence-corrected chi connectivity index (χ0v) is 72.4. The highest BCUT2D eigenvalue weighted by molar-refractivity contribution is 8.26. The smallest absolute Gasteiger partial charge is 0.343 e. The van der Waals surface area contributed by atoms with Gasteiger partial charge >= 0.3 is 7.60 Å². The van der Waals surface area contributed by atoms with Crippen molar-refractivity contribution in [2.45, 2.75) is 220 Å². The summed E-state index contributed by atoms with van der Waals surface area (Å²) in [6.07, 6.45) is 28.8. The Kier molecular flexibility index (Phi) is 53.1. The lowest BCUT2D eigenvalue weighted by molar-refractivity contribution is 0.168. The molecule has 0 heterocycles. The van der Waals surface area contributed by atoms with Gasteiger partial charge in [-0.15, -0.1) is 24.9 Å². The number of benzene rings is 2. The molecule has 0 aliphatic heterocycles. The van der Waals surface area contributed by atoms with Crippen LogP contribution in [0.3, 0.4) is 0 Å². The van der Waals surface area contributed by atoms with Crippen LogP contribution in [0.25, 0.3) is 0 Å². The summed E-state index contributed by atoms with van der Waals surface area (Å²) in [5, 5.41) is 26.5. The topological polar surface area (TPSA) is 201 Å². The monoisotopic (exact) mass is 1540 g/mol. The van der Waals surface area contributed by atoms with E-state index in [1.165, 1.54) is 56.4 Å². The van der Waals surface area contributed by atoms with E-state index in [2.05, 4.69) is 183 Å². The molecular formula is C76H131N3O9P6S4. The number of nitrogens with zero attached hydrogens (tertiary/aromatic N) is 3. The van der Waals surface area contributed by atoms with Gasteiger partial charge < -0.3 is 36.6 Å². The average molecular weight is 1550 g/mol. The van der Waals surface area contributed by atoms with Crippen LogP contribution in [0.5, 0.6) is 0 Å². The van der Waals surface area contributed by atoms with Gasteiger partial charge in [0.2, 0.25) is 4.38 Å². The Labute approximate surface area is 618 Å². The molecule has 0 saturated carbocycles. The third-order valence-electron chi connectivity index (χ3n) is 17.9. The molecule has 2 aromatic carbocycles. The molecule has 2 rings (SSSR count). The predicted molar refractivity (Wildman–Crippen MR) is 443 cm³/mol. The van der Waals surface area contributed by atoms with Crippen molar-refractivity contribution in [1.29, 1.82) is 15.8 Å². The van der Waals surface area contributed by atoms with E-state index in [-0.39, 0.29) is 33.1 Å². The zero-order chi connectivity index (χ0) is 75.4.